The third kappa shape index (κ3) is 2.96. The molecule has 0 radical (unpaired) electrons. The molecule has 0 aliphatic carbocycles. The maximum Gasteiger partial charge on any atom is 0.119 e. The fourth-order valence-electron chi connectivity index (χ4n) is 2.68. The first-order valence-electron chi connectivity index (χ1n) is 6.85. The van der Waals surface area contributed by atoms with Gasteiger partial charge in [0.25, 0.3) is 0 Å². The molecule has 1 aromatic carbocycles. The summed E-state index contributed by atoms with van der Waals surface area (Å²) in [5, 5.41) is 3.45. The second kappa shape index (κ2) is 6.10. The van der Waals surface area contributed by atoms with E-state index in [9.17, 15) is 0 Å². The van der Waals surface area contributed by atoms with Gasteiger partial charge in [0.15, 0.2) is 0 Å². The Bertz CT molecular complexity index is 392. The number of benzene rings is 1. The first-order valence-corrected chi connectivity index (χ1v) is 6.85. The van der Waals surface area contributed by atoms with E-state index in [0.717, 1.165) is 24.8 Å². The van der Waals surface area contributed by atoms with Gasteiger partial charge < -0.3 is 15.0 Å². The molecule has 0 saturated carbocycles. The average Bonchev–Trinajstić information content (AvgIpc) is 2.84. The molecule has 1 fully saturated rings. The van der Waals surface area contributed by atoms with Crippen LogP contribution in [0.25, 0.3) is 0 Å². The Balaban J connectivity index is 2.00. The minimum absolute atomic E-state index is 0.784. The average molecular weight is 248 g/mol. The van der Waals surface area contributed by atoms with Crippen molar-refractivity contribution in [3.8, 4) is 5.75 Å². The Hall–Kier alpha value is -1.22. The van der Waals surface area contributed by atoms with Gasteiger partial charge in [0.05, 0.1) is 7.11 Å². The normalized spacial score (nSPS) is 19.3. The Kier molecular flexibility index (Phi) is 4.48. The van der Waals surface area contributed by atoms with Crippen molar-refractivity contribution in [2.45, 2.75) is 20.3 Å². The molecule has 1 unspecified atom stereocenters. The first-order chi connectivity index (χ1) is 8.74. The minimum atomic E-state index is 0.784. The number of ether oxygens (including phenoxy) is 1. The third-order valence-corrected chi connectivity index (χ3v) is 3.71. The van der Waals surface area contributed by atoms with Crippen molar-refractivity contribution in [1.82, 2.24) is 5.32 Å². The van der Waals surface area contributed by atoms with Crippen LogP contribution in [0.15, 0.2) is 18.2 Å². The predicted octanol–water partition coefficient (Wildman–Crippen LogP) is 2.44. The van der Waals surface area contributed by atoms with Crippen molar-refractivity contribution in [1.29, 1.82) is 0 Å². The van der Waals surface area contributed by atoms with E-state index >= 15 is 0 Å². The second-order valence-corrected chi connectivity index (χ2v) is 5.06. The van der Waals surface area contributed by atoms with Crippen molar-refractivity contribution >= 4 is 5.69 Å². The number of methoxy groups -OCH3 is 1. The Morgan fingerprint density at radius 2 is 2.28 bits per heavy atom. The lowest BCUT2D eigenvalue weighted by Crippen LogP contribution is -2.26. The molecule has 0 aromatic heterocycles. The summed E-state index contributed by atoms with van der Waals surface area (Å²) in [4.78, 5) is 2.50. The summed E-state index contributed by atoms with van der Waals surface area (Å²) < 4.78 is 5.26. The summed E-state index contributed by atoms with van der Waals surface area (Å²) in [6.45, 7) is 8.87. The van der Waals surface area contributed by atoms with Gasteiger partial charge in [-0.25, -0.2) is 0 Å². The number of hydrogen-bond acceptors (Lipinski definition) is 3. The van der Waals surface area contributed by atoms with E-state index in [1.807, 2.05) is 0 Å². The van der Waals surface area contributed by atoms with E-state index in [1.165, 1.54) is 30.8 Å². The van der Waals surface area contributed by atoms with Gasteiger partial charge in [-0.1, -0.05) is 6.92 Å². The van der Waals surface area contributed by atoms with Crippen LogP contribution in [-0.4, -0.2) is 33.3 Å². The van der Waals surface area contributed by atoms with E-state index in [0.29, 0.717) is 0 Å². The molecular weight excluding hydrogens is 224 g/mol. The minimum Gasteiger partial charge on any atom is -0.497 e. The molecule has 1 aliphatic heterocycles. The quantitative estimate of drug-likeness (QED) is 0.866. The molecule has 3 heteroatoms. The molecule has 0 bridgehead atoms. The standard InChI is InChI=1S/C15H24N2O/c1-4-16-10-13-7-8-17(11-13)15-6-5-14(18-3)9-12(15)2/h5-6,9,13,16H,4,7-8,10-11H2,1-3H3. The molecule has 1 atom stereocenters. The molecule has 18 heavy (non-hydrogen) atoms. The third-order valence-electron chi connectivity index (χ3n) is 3.71. The molecule has 1 aliphatic rings. The second-order valence-electron chi connectivity index (χ2n) is 5.06. The maximum absolute atomic E-state index is 5.26. The lowest BCUT2D eigenvalue weighted by molar-refractivity contribution is 0.414. The fraction of sp³-hybridized carbons (Fsp3) is 0.600. The summed E-state index contributed by atoms with van der Waals surface area (Å²) in [5.41, 5.74) is 2.66. The highest BCUT2D eigenvalue weighted by atomic mass is 16.5. The zero-order valence-corrected chi connectivity index (χ0v) is 11.7. The van der Waals surface area contributed by atoms with Gasteiger partial charge in [-0.15, -0.1) is 0 Å². The van der Waals surface area contributed by atoms with E-state index in [-0.39, 0.29) is 0 Å². The number of nitrogens with one attached hydrogen (secondary N) is 1. The van der Waals surface area contributed by atoms with Gasteiger partial charge in [-0.3, -0.25) is 0 Å². The molecule has 100 valence electrons. The highest BCUT2D eigenvalue weighted by Crippen LogP contribution is 2.29. The summed E-state index contributed by atoms with van der Waals surface area (Å²) in [5.74, 6) is 1.73. The van der Waals surface area contributed by atoms with Crippen LogP contribution in [0.3, 0.4) is 0 Å². The molecule has 1 N–H and O–H groups in total. The topological polar surface area (TPSA) is 24.5 Å². The van der Waals surface area contributed by atoms with E-state index in [2.05, 4.69) is 42.3 Å². The van der Waals surface area contributed by atoms with Gasteiger partial charge in [0, 0.05) is 18.8 Å². The van der Waals surface area contributed by atoms with E-state index < -0.39 is 0 Å². The number of aryl methyl sites for hydroxylation is 1. The van der Waals surface area contributed by atoms with Crippen LogP contribution in [-0.2, 0) is 0 Å². The zero-order valence-electron chi connectivity index (χ0n) is 11.7. The van der Waals surface area contributed by atoms with Crippen LogP contribution in [0.4, 0.5) is 5.69 Å². The Labute approximate surface area is 110 Å². The summed E-state index contributed by atoms with van der Waals surface area (Å²) in [6, 6.07) is 6.36. The van der Waals surface area contributed by atoms with Crippen LogP contribution in [0.2, 0.25) is 0 Å². The maximum atomic E-state index is 5.26. The highest BCUT2D eigenvalue weighted by molar-refractivity contribution is 5.56. The van der Waals surface area contributed by atoms with Gasteiger partial charge in [-0.05, 0) is 56.1 Å². The lowest BCUT2D eigenvalue weighted by atomic mass is 10.1. The monoisotopic (exact) mass is 248 g/mol. The molecule has 0 amide bonds. The first kappa shape index (κ1) is 13.2. The zero-order chi connectivity index (χ0) is 13.0. The van der Waals surface area contributed by atoms with Crippen LogP contribution >= 0.6 is 0 Å². The van der Waals surface area contributed by atoms with Crippen molar-refractivity contribution in [2.24, 2.45) is 5.92 Å². The van der Waals surface area contributed by atoms with Crippen LogP contribution in [0, 0.1) is 12.8 Å². The summed E-state index contributed by atoms with van der Waals surface area (Å²) in [6.07, 6.45) is 1.29. The molecule has 1 saturated heterocycles. The predicted molar refractivity (Wildman–Crippen MR) is 76.6 cm³/mol. The molecule has 2 rings (SSSR count). The Morgan fingerprint density at radius 3 is 2.94 bits per heavy atom. The molecular formula is C15H24N2O. The van der Waals surface area contributed by atoms with E-state index in [1.54, 1.807) is 7.11 Å². The van der Waals surface area contributed by atoms with Crippen LogP contribution < -0.4 is 15.0 Å². The largest absolute Gasteiger partial charge is 0.497 e. The van der Waals surface area contributed by atoms with Gasteiger partial charge in [0.1, 0.15) is 5.75 Å². The molecule has 3 nitrogen and oxygen atoms in total. The Morgan fingerprint density at radius 1 is 1.44 bits per heavy atom. The van der Waals surface area contributed by atoms with Crippen molar-refractivity contribution in [3.05, 3.63) is 23.8 Å². The lowest BCUT2D eigenvalue weighted by Gasteiger charge is -2.21. The van der Waals surface area contributed by atoms with Crippen LogP contribution in [0.5, 0.6) is 5.75 Å². The van der Waals surface area contributed by atoms with Gasteiger partial charge in [0.2, 0.25) is 0 Å². The number of nitrogens with zero attached hydrogens (tertiary/aromatic N) is 1. The number of anilines is 1. The fourth-order valence-corrected chi connectivity index (χ4v) is 2.68. The number of rotatable bonds is 5. The van der Waals surface area contributed by atoms with Gasteiger partial charge in [-0.2, -0.15) is 0 Å². The van der Waals surface area contributed by atoms with Crippen LogP contribution in [0.1, 0.15) is 18.9 Å². The number of hydrogen-bond donors (Lipinski definition) is 1. The highest BCUT2D eigenvalue weighted by Gasteiger charge is 2.23. The van der Waals surface area contributed by atoms with Crippen molar-refractivity contribution < 1.29 is 4.74 Å². The van der Waals surface area contributed by atoms with Crippen molar-refractivity contribution in [3.63, 3.8) is 0 Å². The van der Waals surface area contributed by atoms with Gasteiger partial charge >= 0.3 is 0 Å². The SMILES string of the molecule is CCNCC1CCN(c2ccc(OC)cc2C)C1. The smallest absolute Gasteiger partial charge is 0.119 e. The van der Waals surface area contributed by atoms with Crippen molar-refractivity contribution in [2.75, 3.05) is 38.2 Å². The molecule has 0 spiro atoms. The summed E-state index contributed by atoms with van der Waals surface area (Å²) >= 11 is 0. The van der Waals surface area contributed by atoms with E-state index in [4.69, 9.17) is 4.74 Å². The molecule has 1 heterocycles. The summed E-state index contributed by atoms with van der Waals surface area (Å²) in [7, 11) is 1.72. The molecule has 1 aromatic rings.